The molecule has 2 atom stereocenters. The number of benzene rings is 1. The van der Waals surface area contributed by atoms with Gasteiger partial charge in [0.1, 0.15) is 5.92 Å². The smallest absolute Gasteiger partial charge is 0.424 e. The first kappa shape index (κ1) is 16.1. The quantitative estimate of drug-likeness (QED) is 0.846. The molecule has 1 fully saturated rings. The standard InChI is InChI=1S/C16H19ClN2O4/c1-2-22-15(20)11-4-3-7-18(9-11)10-19-13-6-5-12(17)8-14(13)23-16(19)21/h5-6,8,11H,2-4,7,9-10H2,1H3/p+1/t11-/m1/s1. The third-order valence-electron chi connectivity index (χ3n) is 4.25. The van der Waals surface area contributed by atoms with Gasteiger partial charge in [-0.15, -0.1) is 0 Å². The molecule has 0 saturated carbocycles. The van der Waals surface area contributed by atoms with E-state index in [9.17, 15) is 9.59 Å². The Kier molecular flexibility index (Phi) is 4.73. The van der Waals surface area contributed by atoms with Crippen LogP contribution in [0, 0.1) is 5.92 Å². The lowest BCUT2D eigenvalue weighted by atomic mass is 9.98. The second-order valence-electron chi connectivity index (χ2n) is 5.86. The zero-order valence-electron chi connectivity index (χ0n) is 13.0. The highest BCUT2D eigenvalue weighted by Gasteiger charge is 2.30. The molecule has 1 unspecified atom stereocenters. The molecule has 0 amide bonds. The van der Waals surface area contributed by atoms with Gasteiger partial charge in [-0.25, -0.2) is 9.36 Å². The predicted octanol–water partition coefficient (Wildman–Crippen LogP) is 1.06. The van der Waals surface area contributed by atoms with Crippen LogP contribution in [0.15, 0.2) is 27.4 Å². The van der Waals surface area contributed by atoms with Crippen LogP contribution in [0.3, 0.4) is 0 Å². The monoisotopic (exact) mass is 339 g/mol. The normalized spacial score (nSPS) is 21.5. The van der Waals surface area contributed by atoms with E-state index >= 15 is 0 Å². The fraction of sp³-hybridized carbons (Fsp3) is 0.500. The van der Waals surface area contributed by atoms with Crippen molar-refractivity contribution in [1.29, 1.82) is 0 Å². The van der Waals surface area contributed by atoms with Gasteiger partial charge in [0.15, 0.2) is 12.3 Å². The summed E-state index contributed by atoms with van der Waals surface area (Å²) < 4.78 is 12.0. The lowest BCUT2D eigenvalue weighted by Crippen LogP contribution is -3.13. The molecule has 124 valence electrons. The Labute approximate surface area is 138 Å². The SMILES string of the molecule is CCOC(=O)[C@@H]1CCC[NH+](Cn2c(=O)oc3cc(Cl)ccc32)C1. The number of carbonyl (C=O) groups is 1. The Morgan fingerprint density at radius 2 is 2.35 bits per heavy atom. The Morgan fingerprint density at radius 3 is 3.13 bits per heavy atom. The summed E-state index contributed by atoms with van der Waals surface area (Å²) in [5, 5.41) is 0.533. The topological polar surface area (TPSA) is 65.9 Å². The molecule has 1 aliphatic rings. The largest absolute Gasteiger partial charge is 0.466 e. The van der Waals surface area contributed by atoms with Crippen molar-refractivity contribution >= 4 is 28.7 Å². The Balaban J connectivity index is 1.78. The first-order valence-corrected chi connectivity index (χ1v) is 8.25. The van der Waals surface area contributed by atoms with Crippen LogP contribution < -0.4 is 10.7 Å². The van der Waals surface area contributed by atoms with Gasteiger partial charge in [0, 0.05) is 11.1 Å². The van der Waals surface area contributed by atoms with Crippen LogP contribution in [0.4, 0.5) is 0 Å². The summed E-state index contributed by atoms with van der Waals surface area (Å²) in [6.07, 6.45) is 1.79. The van der Waals surface area contributed by atoms with E-state index in [1.54, 1.807) is 22.8 Å². The number of nitrogens with zero attached hydrogens (tertiary/aromatic N) is 1. The maximum atomic E-state index is 12.1. The number of fused-ring (bicyclic) bond motifs is 1. The first-order valence-electron chi connectivity index (χ1n) is 7.87. The molecular formula is C16H20ClN2O4+. The third-order valence-corrected chi connectivity index (χ3v) is 4.49. The van der Waals surface area contributed by atoms with Gasteiger partial charge < -0.3 is 14.1 Å². The van der Waals surface area contributed by atoms with Crippen molar-refractivity contribution in [2.45, 2.75) is 26.4 Å². The number of hydrogen-bond acceptors (Lipinski definition) is 4. The number of esters is 1. The number of piperidine rings is 1. The molecular weight excluding hydrogens is 320 g/mol. The van der Waals surface area contributed by atoms with E-state index in [4.69, 9.17) is 20.8 Å². The summed E-state index contributed by atoms with van der Waals surface area (Å²) in [4.78, 5) is 25.2. The van der Waals surface area contributed by atoms with Gasteiger partial charge in [-0.3, -0.25) is 4.79 Å². The molecule has 0 spiro atoms. The third kappa shape index (κ3) is 3.43. The molecule has 1 aromatic carbocycles. The van der Waals surface area contributed by atoms with Crippen LogP contribution in [0.25, 0.3) is 11.1 Å². The van der Waals surface area contributed by atoms with Gasteiger partial charge >= 0.3 is 11.7 Å². The van der Waals surface area contributed by atoms with Crippen molar-refractivity contribution in [2.24, 2.45) is 5.92 Å². The zero-order valence-corrected chi connectivity index (χ0v) is 13.8. The molecule has 23 heavy (non-hydrogen) atoms. The minimum atomic E-state index is -0.395. The number of quaternary nitrogens is 1. The summed E-state index contributed by atoms with van der Waals surface area (Å²) in [5.41, 5.74) is 1.21. The summed E-state index contributed by atoms with van der Waals surface area (Å²) in [5.74, 6) is -0.629. The Morgan fingerprint density at radius 1 is 1.52 bits per heavy atom. The number of likely N-dealkylation sites (tertiary alicyclic amines) is 1. The molecule has 6 nitrogen and oxygen atoms in total. The molecule has 7 heteroatoms. The van der Waals surface area contributed by atoms with Crippen molar-refractivity contribution in [3.8, 4) is 0 Å². The van der Waals surface area contributed by atoms with Crippen molar-refractivity contribution in [3.05, 3.63) is 33.8 Å². The molecule has 1 N–H and O–H groups in total. The summed E-state index contributed by atoms with van der Waals surface area (Å²) >= 11 is 5.93. The molecule has 2 heterocycles. The van der Waals surface area contributed by atoms with E-state index in [-0.39, 0.29) is 11.9 Å². The lowest BCUT2D eigenvalue weighted by Gasteiger charge is -2.28. The predicted molar refractivity (Wildman–Crippen MR) is 85.5 cm³/mol. The summed E-state index contributed by atoms with van der Waals surface area (Å²) in [6.45, 7) is 4.28. The van der Waals surface area contributed by atoms with Crippen LogP contribution in [0.2, 0.25) is 5.02 Å². The van der Waals surface area contributed by atoms with Crippen LogP contribution in [-0.4, -0.2) is 30.2 Å². The summed E-state index contributed by atoms with van der Waals surface area (Å²) in [7, 11) is 0. The van der Waals surface area contributed by atoms with Gasteiger partial charge in [-0.05, 0) is 31.9 Å². The number of oxazole rings is 1. The lowest BCUT2D eigenvalue weighted by molar-refractivity contribution is -0.929. The minimum absolute atomic E-state index is 0.0954. The van der Waals surface area contributed by atoms with Gasteiger partial charge in [0.2, 0.25) is 0 Å². The molecule has 2 aromatic rings. The number of aromatic nitrogens is 1. The van der Waals surface area contributed by atoms with Gasteiger partial charge in [0.05, 0.1) is 25.2 Å². The average Bonchev–Trinajstić information content (AvgIpc) is 2.83. The van der Waals surface area contributed by atoms with Gasteiger partial charge in [-0.1, -0.05) is 11.6 Å². The number of nitrogens with one attached hydrogen (secondary N) is 1. The van der Waals surface area contributed by atoms with Crippen molar-refractivity contribution in [2.75, 3.05) is 19.7 Å². The average molecular weight is 340 g/mol. The van der Waals surface area contributed by atoms with Crippen LogP contribution in [0.5, 0.6) is 0 Å². The summed E-state index contributed by atoms with van der Waals surface area (Å²) in [6, 6.07) is 5.17. The Hall–Kier alpha value is -1.79. The van der Waals surface area contributed by atoms with Crippen molar-refractivity contribution in [1.82, 2.24) is 4.57 Å². The molecule has 0 aliphatic carbocycles. The van der Waals surface area contributed by atoms with E-state index in [2.05, 4.69) is 0 Å². The van der Waals surface area contributed by atoms with Crippen LogP contribution in [0.1, 0.15) is 19.8 Å². The number of rotatable bonds is 4. The molecule has 1 saturated heterocycles. The number of halogens is 1. The second-order valence-corrected chi connectivity index (χ2v) is 6.30. The fourth-order valence-corrected chi connectivity index (χ4v) is 3.33. The highest BCUT2D eigenvalue weighted by molar-refractivity contribution is 6.31. The number of ether oxygens (including phenoxy) is 1. The van der Waals surface area contributed by atoms with Crippen molar-refractivity contribution < 1.29 is 18.8 Å². The van der Waals surface area contributed by atoms with E-state index in [0.717, 1.165) is 24.9 Å². The van der Waals surface area contributed by atoms with Crippen molar-refractivity contribution in [3.63, 3.8) is 0 Å². The van der Waals surface area contributed by atoms with Gasteiger partial charge in [-0.2, -0.15) is 0 Å². The number of hydrogen-bond donors (Lipinski definition) is 1. The second kappa shape index (κ2) is 6.76. The van der Waals surface area contributed by atoms with E-state index in [1.807, 2.05) is 6.92 Å². The fourth-order valence-electron chi connectivity index (χ4n) is 3.17. The van der Waals surface area contributed by atoms with E-state index in [0.29, 0.717) is 30.4 Å². The molecule has 0 bridgehead atoms. The first-order chi connectivity index (χ1) is 11.1. The van der Waals surface area contributed by atoms with E-state index < -0.39 is 5.76 Å². The molecule has 0 radical (unpaired) electrons. The molecule has 1 aromatic heterocycles. The zero-order chi connectivity index (χ0) is 16.4. The minimum Gasteiger partial charge on any atom is -0.466 e. The van der Waals surface area contributed by atoms with Crippen LogP contribution in [-0.2, 0) is 16.2 Å². The van der Waals surface area contributed by atoms with E-state index in [1.165, 1.54) is 4.90 Å². The molecule has 3 rings (SSSR count). The molecule has 1 aliphatic heterocycles. The maximum absolute atomic E-state index is 12.1. The number of carbonyl (C=O) groups excluding carboxylic acids is 1. The maximum Gasteiger partial charge on any atom is 0.424 e. The van der Waals surface area contributed by atoms with Gasteiger partial charge in [0.25, 0.3) is 0 Å². The Bertz CT molecular complexity index is 767. The highest BCUT2D eigenvalue weighted by atomic mass is 35.5. The van der Waals surface area contributed by atoms with Crippen LogP contribution >= 0.6 is 11.6 Å². The highest BCUT2D eigenvalue weighted by Crippen LogP contribution is 2.18.